The Balaban J connectivity index is 2.17. The summed E-state index contributed by atoms with van der Waals surface area (Å²) in [5, 5.41) is 1.37. The van der Waals surface area contributed by atoms with Crippen molar-refractivity contribution in [2.75, 3.05) is 6.61 Å². The SMILES string of the molecule is [2H][C@@H]([C@H]1CCCO1)[Si](C)(C)c1ccccc1. The van der Waals surface area contributed by atoms with Crippen molar-refractivity contribution in [2.24, 2.45) is 0 Å². The van der Waals surface area contributed by atoms with Gasteiger partial charge in [0, 0.05) is 7.98 Å². The average Bonchev–Trinajstić information content (AvgIpc) is 2.82. The van der Waals surface area contributed by atoms with Crippen LogP contribution in [0.2, 0.25) is 19.1 Å². The predicted octanol–water partition coefficient (Wildman–Crippen LogP) is 2.78. The summed E-state index contributed by atoms with van der Waals surface area (Å²) in [6, 6.07) is 10.5. The van der Waals surface area contributed by atoms with E-state index >= 15 is 0 Å². The molecule has 1 heterocycles. The monoisotopic (exact) mass is 221 g/mol. The van der Waals surface area contributed by atoms with E-state index in [9.17, 15) is 0 Å². The van der Waals surface area contributed by atoms with E-state index in [1.54, 1.807) is 0 Å². The Morgan fingerprint density at radius 3 is 2.73 bits per heavy atom. The molecule has 1 saturated heterocycles. The van der Waals surface area contributed by atoms with Gasteiger partial charge in [0.2, 0.25) is 0 Å². The van der Waals surface area contributed by atoms with E-state index in [2.05, 4.69) is 37.4 Å². The summed E-state index contributed by atoms with van der Waals surface area (Å²) < 4.78 is 14.1. The molecule has 0 bridgehead atoms. The van der Waals surface area contributed by atoms with Gasteiger partial charge in [0.1, 0.15) is 0 Å². The van der Waals surface area contributed by atoms with E-state index in [4.69, 9.17) is 6.11 Å². The van der Waals surface area contributed by atoms with Gasteiger partial charge in [-0.15, -0.1) is 0 Å². The van der Waals surface area contributed by atoms with Gasteiger partial charge in [-0.1, -0.05) is 48.6 Å². The zero-order valence-electron chi connectivity index (χ0n) is 10.6. The van der Waals surface area contributed by atoms with E-state index in [1.165, 1.54) is 5.19 Å². The zero-order chi connectivity index (χ0) is 11.6. The second-order valence-corrected chi connectivity index (χ2v) is 9.16. The predicted molar refractivity (Wildman–Crippen MR) is 67.3 cm³/mol. The van der Waals surface area contributed by atoms with Crippen LogP contribution in [0.1, 0.15) is 14.2 Å². The van der Waals surface area contributed by atoms with Gasteiger partial charge in [0.05, 0.1) is 14.2 Å². The summed E-state index contributed by atoms with van der Waals surface area (Å²) >= 11 is 0. The summed E-state index contributed by atoms with van der Waals surface area (Å²) in [5.74, 6) is 0. The number of rotatable bonds is 3. The summed E-state index contributed by atoms with van der Waals surface area (Å²) in [6.45, 7) is 5.41. The lowest BCUT2D eigenvalue weighted by atomic mass is 10.3. The third-order valence-corrected chi connectivity index (χ3v) is 6.11. The van der Waals surface area contributed by atoms with E-state index < -0.39 is 8.07 Å². The highest BCUT2D eigenvalue weighted by atomic mass is 28.3. The molecule has 1 nitrogen and oxygen atoms in total. The normalized spacial score (nSPS) is 24.9. The van der Waals surface area contributed by atoms with Crippen LogP contribution in [0, 0.1) is 0 Å². The highest BCUT2D eigenvalue weighted by molar-refractivity contribution is 6.89. The molecule has 0 aliphatic carbocycles. The van der Waals surface area contributed by atoms with E-state index in [1.807, 2.05) is 6.07 Å². The van der Waals surface area contributed by atoms with Crippen molar-refractivity contribution in [3.63, 3.8) is 0 Å². The molecule has 0 saturated carbocycles. The lowest BCUT2D eigenvalue weighted by molar-refractivity contribution is 0.124. The van der Waals surface area contributed by atoms with Crippen molar-refractivity contribution < 1.29 is 6.11 Å². The lowest BCUT2D eigenvalue weighted by Crippen LogP contribution is -2.43. The van der Waals surface area contributed by atoms with Crippen LogP contribution in [0.3, 0.4) is 0 Å². The molecule has 0 radical (unpaired) electrons. The van der Waals surface area contributed by atoms with Crippen molar-refractivity contribution in [1.29, 1.82) is 0 Å². The van der Waals surface area contributed by atoms with Gasteiger partial charge < -0.3 is 4.74 Å². The molecule has 1 aliphatic rings. The van der Waals surface area contributed by atoms with Gasteiger partial charge in [0.15, 0.2) is 0 Å². The van der Waals surface area contributed by atoms with Gasteiger partial charge in [0.25, 0.3) is 0 Å². The first-order valence-electron chi connectivity index (χ1n) is 6.29. The molecule has 1 aromatic rings. The van der Waals surface area contributed by atoms with Crippen LogP contribution in [-0.2, 0) is 4.74 Å². The van der Waals surface area contributed by atoms with E-state index in [0.717, 1.165) is 19.4 Å². The minimum Gasteiger partial charge on any atom is -0.379 e. The second-order valence-electron chi connectivity index (χ2n) is 4.81. The van der Waals surface area contributed by atoms with Crippen molar-refractivity contribution in [3.8, 4) is 0 Å². The number of hydrogen-bond acceptors (Lipinski definition) is 1. The first kappa shape index (κ1) is 9.61. The molecule has 1 aromatic carbocycles. The number of benzene rings is 1. The topological polar surface area (TPSA) is 9.23 Å². The minimum absolute atomic E-state index is 0.0441. The fraction of sp³-hybridized carbons (Fsp3) is 0.538. The molecular weight excluding hydrogens is 200 g/mol. The Kier molecular flexibility index (Phi) is 2.88. The van der Waals surface area contributed by atoms with Crippen molar-refractivity contribution in [2.45, 2.75) is 38.1 Å². The van der Waals surface area contributed by atoms with Gasteiger partial charge >= 0.3 is 0 Å². The van der Waals surface area contributed by atoms with Gasteiger partial charge in [-0.05, 0) is 18.9 Å². The van der Waals surface area contributed by atoms with Crippen LogP contribution in [0.5, 0.6) is 0 Å². The third-order valence-electron chi connectivity index (χ3n) is 3.09. The Morgan fingerprint density at radius 1 is 1.40 bits per heavy atom. The van der Waals surface area contributed by atoms with E-state index in [0.29, 0.717) is 0 Å². The molecule has 82 valence electrons. The first-order chi connectivity index (χ1) is 7.62. The molecule has 1 aliphatic heterocycles. The van der Waals surface area contributed by atoms with Crippen LogP contribution in [0.25, 0.3) is 0 Å². The molecule has 2 rings (SSSR count). The van der Waals surface area contributed by atoms with E-state index in [-0.39, 0.29) is 12.1 Å². The highest BCUT2D eigenvalue weighted by Gasteiger charge is 2.29. The maximum Gasteiger partial charge on any atom is 0.0831 e. The minimum atomic E-state index is -1.71. The Labute approximate surface area is 94.9 Å². The number of hydrogen-bond donors (Lipinski definition) is 0. The average molecular weight is 221 g/mol. The van der Waals surface area contributed by atoms with Crippen LogP contribution in [0.15, 0.2) is 30.3 Å². The fourth-order valence-electron chi connectivity index (χ4n) is 2.16. The van der Waals surface area contributed by atoms with Crippen LogP contribution >= 0.6 is 0 Å². The highest BCUT2D eigenvalue weighted by Crippen LogP contribution is 2.22. The molecular formula is C13H20OSi. The van der Waals surface area contributed by atoms with Crippen molar-refractivity contribution in [1.82, 2.24) is 0 Å². The van der Waals surface area contributed by atoms with Crippen LogP contribution < -0.4 is 5.19 Å². The summed E-state index contributed by atoms with van der Waals surface area (Å²) in [7, 11) is -1.71. The van der Waals surface area contributed by atoms with Crippen molar-refractivity contribution in [3.05, 3.63) is 30.3 Å². The molecule has 2 heteroatoms. The fourth-order valence-corrected chi connectivity index (χ4v) is 4.60. The summed E-state index contributed by atoms with van der Waals surface area (Å²) in [6.07, 6.45) is 2.36. The third kappa shape index (κ3) is 2.70. The number of ether oxygens (including phenoxy) is 1. The Morgan fingerprint density at radius 2 is 2.13 bits per heavy atom. The summed E-state index contributed by atoms with van der Waals surface area (Å²) in [5.41, 5.74) is 0. The molecule has 0 aromatic heterocycles. The van der Waals surface area contributed by atoms with Crippen LogP contribution in [-0.4, -0.2) is 20.8 Å². The zero-order valence-corrected chi connectivity index (χ0v) is 10.6. The first-order valence-corrected chi connectivity index (χ1v) is 8.79. The lowest BCUT2D eigenvalue weighted by Gasteiger charge is -2.25. The molecule has 0 unspecified atom stereocenters. The molecule has 1 fully saturated rings. The Bertz CT molecular complexity index is 333. The van der Waals surface area contributed by atoms with Gasteiger partial charge in [-0.3, -0.25) is 0 Å². The maximum atomic E-state index is 8.45. The smallest absolute Gasteiger partial charge is 0.0831 e. The summed E-state index contributed by atoms with van der Waals surface area (Å²) in [4.78, 5) is 0. The molecule has 0 amide bonds. The standard InChI is InChI=1S/C13H20OSi/c1-15(2,11-12-7-6-10-14-12)13-8-4-3-5-9-13/h3-5,8-9,12H,6-7,10-11H2,1-2H3/t12-/m1/s1/i11D/t11-,12+/m0. The largest absolute Gasteiger partial charge is 0.379 e. The Hall–Kier alpha value is -0.603. The molecule has 2 atom stereocenters. The molecule has 0 spiro atoms. The quantitative estimate of drug-likeness (QED) is 0.713. The van der Waals surface area contributed by atoms with Gasteiger partial charge in [-0.2, -0.15) is 0 Å². The van der Waals surface area contributed by atoms with Crippen molar-refractivity contribution >= 4 is 13.3 Å². The maximum absolute atomic E-state index is 8.45. The molecule has 15 heavy (non-hydrogen) atoms. The molecule has 0 N–H and O–H groups in total. The van der Waals surface area contributed by atoms with Gasteiger partial charge in [-0.25, -0.2) is 0 Å². The van der Waals surface area contributed by atoms with Crippen LogP contribution in [0.4, 0.5) is 0 Å². The second kappa shape index (κ2) is 4.50.